The molecule has 2 atom stereocenters. The first-order chi connectivity index (χ1) is 14.4. The fraction of sp³-hybridized carbons (Fsp3) is 0.333. The van der Waals surface area contributed by atoms with Crippen LogP contribution in [0.1, 0.15) is 42.7 Å². The molecule has 4 rings (SSSR count). The Morgan fingerprint density at radius 2 is 2.10 bits per heavy atom. The summed E-state index contributed by atoms with van der Waals surface area (Å²) >= 11 is 0. The Hall–Kier alpha value is -3.49. The third-order valence-electron chi connectivity index (χ3n) is 4.94. The van der Waals surface area contributed by atoms with Crippen molar-refractivity contribution in [1.29, 1.82) is 0 Å². The van der Waals surface area contributed by atoms with Crippen LogP contribution in [0.4, 0.5) is 4.39 Å². The SMILES string of the molecule is CC(C)C[C@H]1C(=O)N[C@@H](c2ncco2)CN1C(=O)c1cc(-c2ccc(F)cc2)on1. The minimum atomic E-state index is -0.644. The highest BCUT2D eigenvalue weighted by atomic mass is 19.1. The second kappa shape index (κ2) is 8.10. The van der Waals surface area contributed by atoms with Gasteiger partial charge in [-0.1, -0.05) is 19.0 Å². The molecule has 9 heteroatoms. The van der Waals surface area contributed by atoms with E-state index in [1.807, 2.05) is 13.8 Å². The van der Waals surface area contributed by atoms with Crippen LogP contribution in [0.15, 0.2) is 51.7 Å². The third kappa shape index (κ3) is 3.96. The zero-order valence-electron chi connectivity index (χ0n) is 16.5. The van der Waals surface area contributed by atoms with E-state index in [2.05, 4.69) is 15.5 Å². The van der Waals surface area contributed by atoms with E-state index in [-0.39, 0.29) is 29.9 Å². The average molecular weight is 412 g/mol. The Bertz CT molecular complexity index is 1030. The number of carbonyl (C=O) groups excluding carboxylic acids is 2. The van der Waals surface area contributed by atoms with Gasteiger partial charge in [0.1, 0.15) is 24.2 Å². The Morgan fingerprint density at radius 3 is 2.77 bits per heavy atom. The summed E-state index contributed by atoms with van der Waals surface area (Å²) in [5, 5.41) is 6.76. The number of amides is 2. The van der Waals surface area contributed by atoms with E-state index in [1.165, 1.54) is 35.6 Å². The van der Waals surface area contributed by atoms with Crippen molar-refractivity contribution in [3.05, 3.63) is 60.2 Å². The van der Waals surface area contributed by atoms with E-state index in [0.29, 0.717) is 23.6 Å². The van der Waals surface area contributed by atoms with Crippen molar-refractivity contribution < 1.29 is 22.9 Å². The highest BCUT2D eigenvalue weighted by Gasteiger charge is 2.40. The van der Waals surface area contributed by atoms with E-state index in [0.717, 1.165) is 0 Å². The minimum Gasteiger partial charge on any atom is -0.447 e. The number of hydrogen-bond acceptors (Lipinski definition) is 6. The maximum absolute atomic E-state index is 13.3. The average Bonchev–Trinajstić information content (AvgIpc) is 3.41. The van der Waals surface area contributed by atoms with Gasteiger partial charge in [-0.15, -0.1) is 0 Å². The number of rotatable bonds is 5. The summed E-state index contributed by atoms with van der Waals surface area (Å²) in [5.41, 5.74) is 0.666. The van der Waals surface area contributed by atoms with Crippen LogP contribution in [0, 0.1) is 11.7 Å². The van der Waals surface area contributed by atoms with Crippen LogP contribution in [-0.2, 0) is 4.79 Å². The predicted molar refractivity (Wildman–Crippen MR) is 104 cm³/mol. The molecule has 1 aliphatic rings. The van der Waals surface area contributed by atoms with Gasteiger partial charge in [0.15, 0.2) is 11.5 Å². The maximum Gasteiger partial charge on any atom is 0.276 e. The second-order valence-electron chi connectivity index (χ2n) is 7.62. The summed E-state index contributed by atoms with van der Waals surface area (Å²) in [6.45, 7) is 4.17. The van der Waals surface area contributed by atoms with Crippen LogP contribution in [0.2, 0.25) is 0 Å². The van der Waals surface area contributed by atoms with Crippen LogP contribution in [0.25, 0.3) is 11.3 Å². The first-order valence-corrected chi connectivity index (χ1v) is 9.65. The smallest absolute Gasteiger partial charge is 0.276 e. The van der Waals surface area contributed by atoms with Crippen LogP contribution in [0.3, 0.4) is 0 Å². The molecule has 2 aromatic heterocycles. The fourth-order valence-corrected chi connectivity index (χ4v) is 3.50. The van der Waals surface area contributed by atoms with Gasteiger partial charge in [-0.05, 0) is 36.6 Å². The molecule has 1 fully saturated rings. The number of aromatic nitrogens is 2. The predicted octanol–water partition coefficient (Wildman–Crippen LogP) is 3.20. The van der Waals surface area contributed by atoms with Gasteiger partial charge in [0.25, 0.3) is 5.91 Å². The van der Waals surface area contributed by atoms with Crippen molar-refractivity contribution in [1.82, 2.24) is 20.4 Å². The number of benzene rings is 1. The first-order valence-electron chi connectivity index (χ1n) is 9.65. The largest absolute Gasteiger partial charge is 0.447 e. The van der Waals surface area contributed by atoms with E-state index >= 15 is 0 Å². The van der Waals surface area contributed by atoms with Gasteiger partial charge in [-0.2, -0.15) is 0 Å². The Morgan fingerprint density at radius 1 is 1.33 bits per heavy atom. The molecule has 1 aromatic carbocycles. The highest BCUT2D eigenvalue weighted by molar-refractivity contribution is 5.97. The van der Waals surface area contributed by atoms with E-state index < -0.39 is 18.0 Å². The van der Waals surface area contributed by atoms with Gasteiger partial charge in [0.05, 0.1) is 12.7 Å². The standard InChI is InChI=1S/C21H21FN4O4/c1-12(2)9-17-19(27)24-16(20-23-7-8-29-20)11-26(17)21(28)15-10-18(30-25-15)13-3-5-14(22)6-4-13/h3-8,10,12,16-17H,9,11H2,1-2H3,(H,24,27)/t16-,17+/m1/s1. The van der Waals surface area contributed by atoms with Gasteiger partial charge >= 0.3 is 0 Å². The van der Waals surface area contributed by atoms with Crippen molar-refractivity contribution in [2.24, 2.45) is 5.92 Å². The minimum absolute atomic E-state index is 0.0731. The molecule has 0 unspecified atom stereocenters. The summed E-state index contributed by atoms with van der Waals surface area (Å²) in [6, 6.07) is 5.98. The van der Waals surface area contributed by atoms with Crippen LogP contribution in [0.5, 0.6) is 0 Å². The molecule has 8 nitrogen and oxygen atoms in total. The molecule has 156 valence electrons. The number of oxazole rings is 1. The first kappa shape index (κ1) is 19.8. The van der Waals surface area contributed by atoms with E-state index in [1.54, 1.807) is 12.1 Å². The molecule has 0 aliphatic carbocycles. The molecule has 2 amide bonds. The van der Waals surface area contributed by atoms with Gasteiger partial charge in [0, 0.05) is 11.6 Å². The van der Waals surface area contributed by atoms with Gasteiger partial charge in [0.2, 0.25) is 11.8 Å². The topological polar surface area (TPSA) is 101 Å². The number of nitrogens with zero attached hydrogens (tertiary/aromatic N) is 3. The van der Waals surface area contributed by atoms with Crippen molar-refractivity contribution >= 4 is 11.8 Å². The molecule has 0 spiro atoms. The van der Waals surface area contributed by atoms with E-state index in [9.17, 15) is 14.0 Å². The molecular weight excluding hydrogens is 391 g/mol. The summed E-state index contributed by atoms with van der Waals surface area (Å²) in [7, 11) is 0. The molecule has 1 saturated heterocycles. The van der Waals surface area contributed by atoms with Crippen LogP contribution >= 0.6 is 0 Å². The summed E-state index contributed by atoms with van der Waals surface area (Å²) in [5.74, 6) is -0.205. The lowest BCUT2D eigenvalue weighted by Gasteiger charge is -2.38. The maximum atomic E-state index is 13.3. The molecule has 30 heavy (non-hydrogen) atoms. The van der Waals surface area contributed by atoms with Crippen molar-refractivity contribution in [2.45, 2.75) is 32.4 Å². The summed E-state index contributed by atoms with van der Waals surface area (Å²) in [6.07, 6.45) is 3.40. The van der Waals surface area contributed by atoms with Crippen LogP contribution < -0.4 is 5.32 Å². The monoisotopic (exact) mass is 412 g/mol. The molecular formula is C21H21FN4O4. The lowest BCUT2D eigenvalue weighted by atomic mass is 9.97. The molecule has 0 radical (unpaired) electrons. The van der Waals surface area contributed by atoms with Crippen molar-refractivity contribution in [2.75, 3.05) is 6.54 Å². The fourth-order valence-electron chi connectivity index (χ4n) is 3.50. The molecule has 3 heterocycles. The lowest BCUT2D eigenvalue weighted by molar-refractivity contribution is -0.130. The number of carbonyl (C=O) groups is 2. The normalized spacial score (nSPS) is 19.2. The van der Waals surface area contributed by atoms with Crippen molar-refractivity contribution in [3.63, 3.8) is 0 Å². The van der Waals surface area contributed by atoms with Crippen LogP contribution in [-0.4, -0.2) is 39.4 Å². The number of piperazine rings is 1. The summed E-state index contributed by atoms with van der Waals surface area (Å²) in [4.78, 5) is 31.6. The quantitative estimate of drug-likeness (QED) is 0.691. The zero-order valence-corrected chi connectivity index (χ0v) is 16.5. The molecule has 0 bridgehead atoms. The number of hydrogen-bond donors (Lipinski definition) is 1. The van der Waals surface area contributed by atoms with Gasteiger partial charge < -0.3 is 19.2 Å². The van der Waals surface area contributed by atoms with Crippen molar-refractivity contribution in [3.8, 4) is 11.3 Å². The number of halogens is 1. The Balaban J connectivity index is 1.61. The Labute approximate surface area is 172 Å². The number of nitrogens with one attached hydrogen (secondary N) is 1. The molecule has 0 saturated carbocycles. The molecule has 1 N–H and O–H groups in total. The third-order valence-corrected chi connectivity index (χ3v) is 4.94. The lowest BCUT2D eigenvalue weighted by Crippen LogP contribution is -2.58. The Kier molecular flexibility index (Phi) is 5.35. The van der Waals surface area contributed by atoms with Gasteiger partial charge in [-0.25, -0.2) is 9.37 Å². The molecule has 3 aromatic rings. The summed E-state index contributed by atoms with van der Waals surface area (Å²) < 4.78 is 23.8. The van der Waals surface area contributed by atoms with Gasteiger partial charge in [-0.3, -0.25) is 9.59 Å². The zero-order chi connectivity index (χ0) is 21.3. The second-order valence-corrected chi connectivity index (χ2v) is 7.62. The van der Waals surface area contributed by atoms with E-state index in [4.69, 9.17) is 8.94 Å². The molecule has 1 aliphatic heterocycles. The highest BCUT2D eigenvalue weighted by Crippen LogP contribution is 2.26.